The minimum absolute atomic E-state index is 0.00549. The standard InChI is InChI=1S/C17H26N2O3/c1-11(2)13(18-14(20)12-8-7-9-22-12)15(21)19-10-16(3,4)17(19,5)6/h7-9,11,13H,10H2,1-6H3,(H,18,20)/t13-/m0/s1. The number of furan rings is 1. The molecule has 0 bridgehead atoms. The fraction of sp³-hybridized carbons (Fsp3) is 0.647. The average molecular weight is 306 g/mol. The quantitative estimate of drug-likeness (QED) is 0.930. The molecule has 1 aromatic heterocycles. The Hall–Kier alpha value is -1.78. The third-order valence-electron chi connectivity index (χ3n) is 5.11. The molecule has 2 rings (SSSR count). The molecule has 0 aliphatic carbocycles. The molecule has 5 heteroatoms. The lowest BCUT2D eigenvalue weighted by Crippen LogP contribution is -2.73. The van der Waals surface area contributed by atoms with Gasteiger partial charge in [0.2, 0.25) is 5.91 Å². The molecular weight excluding hydrogens is 280 g/mol. The summed E-state index contributed by atoms with van der Waals surface area (Å²) >= 11 is 0. The summed E-state index contributed by atoms with van der Waals surface area (Å²) in [6.07, 6.45) is 1.45. The Morgan fingerprint density at radius 1 is 1.27 bits per heavy atom. The van der Waals surface area contributed by atoms with Crippen LogP contribution in [0, 0.1) is 11.3 Å². The third kappa shape index (κ3) is 2.64. The number of carbonyl (C=O) groups is 2. The van der Waals surface area contributed by atoms with Crippen molar-refractivity contribution in [3.8, 4) is 0 Å². The molecule has 1 aliphatic heterocycles. The van der Waals surface area contributed by atoms with E-state index in [4.69, 9.17) is 4.42 Å². The summed E-state index contributed by atoms with van der Waals surface area (Å²) in [6, 6.07) is 2.70. The van der Waals surface area contributed by atoms with Gasteiger partial charge >= 0.3 is 0 Å². The average Bonchev–Trinajstić information content (AvgIpc) is 2.95. The lowest BCUT2D eigenvalue weighted by atomic mass is 9.65. The third-order valence-corrected chi connectivity index (χ3v) is 5.11. The Morgan fingerprint density at radius 2 is 1.91 bits per heavy atom. The number of likely N-dealkylation sites (tertiary alicyclic amines) is 1. The molecule has 1 N–H and O–H groups in total. The molecule has 1 fully saturated rings. The first kappa shape index (κ1) is 16.6. The SMILES string of the molecule is CC(C)[C@H](NC(=O)c1ccco1)C(=O)N1CC(C)(C)C1(C)C. The van der Waals surface area contributed by atoms with Crippen LogP contribution in [0.1, 0.15) is 52.1 Å². The number of hydrogen-bond donors (Lipinski definition) is 1. The van der Waals surface area contributed by atoms with Crippen LogP contribution in [0.25, 0.3) is 0 Å². The normalized spacial score (nSPS) is 20.4. The minimum Gasteiger partial charge on any atom is -0.459 e. The van der Waals surface area contributed by atoms with Crippen LogP contribution < -0.4 is 5.32 Å². The first-order chi connectivity index (χ1) is 10.1. The molecule has 122 valence electrons. The van der Waals surface area contributed by atoms with E-state index in [0.29, 0.717) is 6.54 Å². The monoisotopic (exact) mass is 306 g/mol. The van der Waals surface area contributed by atoms with Gasteiger partial charge in [-0.05, 0) is 31.9 Å². The molecular formula is C17H26N2O3. The summed E-state index contributed by atoms with van der Waals surface area (Å²) in [5.74, 6) is -0.151. The van der Waals surface area contributed by atoms with Gasteiger partial charge in [-0.3, -0.25) is 9.59 Å². The van der Waals surface area contributed by atoms with Crippen molar-refractivity contribution in [3.05, 3.63) is 24.2 Å². The largest absolute Gasteiger partial charge is 0.459 e. The Morgan fingerprint density at radius 3 is 2.32 bits per heavy atom. The maximum atomic E-state index is 12.9. The van der Waals surface area contributed by atoms with E-state index in [2.05, 4.69) is 33.0 Å². The molecule has 1 aromatic rings. The topological polar surface area (TPSA) is 62.6 Å². The van der Waals surface area contributed by atoms with Crippen molar-refractivity contribution in [2.75, 3.05) is 6.54 Å². The van der Waals surface area contributed by atoms with Gasteiger partial charge in [0.1, 0.15) is 6.04 Å². The maximum Gasteiger partial charge on any atom is 0.287 e. The van der Waals surface area contributed by atoms with Gasteiger partial charge < -0.3 is 14.6 Å². The van der Waals surface area contributed by atoms with Gasteiger partial charge in [-0.1, -0.05) is 27.7 Å². The predicted octanol–water partition coefficient (Wildman–Crippen LogP) is 2.68. The molecule has 0 aromatic carbocycles. The van der Waals surface area contributed by atoms with Crippen LogP contribution >= 0.6 is 0 Å². The molecule has 0 radical (unpaired) electrons. The molecule has 0 unspecified atom stereocenters. The van der Waals surface area contributed by atoms with Crippen molar-refractivity contribution in [2.45, 2.75) is 53.1 Å². The Labute approximate surface area is 132 Å². The van der Waals surface area contributed by atoms with Gasteiger partial charge in [0, 0.05) is 17.5 Å². The van der Waals surface area contributed by atoms with Crippen molar-refractivity contribution in [3.63, 3.8) is 0 Å². The highest BCUT2D eigenvalue weighted by Gasteiger charge is 2.55. The molecule has 1 atom stereocenters. The highest BCUT2D eigenvalue weighted by Crippen LogP contribution is 2.46. The Bertz CT molecular complexity index is 558. The second-order valence-electron chi connectivity index (χ2n) is 7.54. The van der Waals surface area contributed by atoms with Crippen LogP contribution in [0.3, 0.4) is 0 Å². The lowest BCUT2D eigenvalue weighted by molar-refractivity contribution is -0.170. The fourth-order valence-electron chi connectivity index (χ4n) is 2.72. The molecule has 0 spiro atoms. The highest BCUT2D eigenvalue weighted by atomic mass is 16.3. The van der Waals surface area contributed by atoms with Gasteiger partial charge in [0.05, 0.1) is 6.26 Å². The number of nitrogens with one attached hydrogen (secondary N) is 1. The van der Waals surface area contributed by atoms with Gasteiger partial charge in [0.15, 0.2) is 5.76 Å². The Kier molecular flexibility index (Phi) is 4.11. The summed E-state index contributed by atoms with van der Waals surface area (Å²) in [6.45, 7) is 13.0. The van der Waals surface area contributed by atoms with Crippen molar-refractivity contribution in [2.24, 2.45) is 11.3 Å². The van der Waals surface area contributed by atoms with Gasteiger partial charge in [-0.15, -0.1) is 0 Å². The van der Waals surface area contributed by atoms with E-state index in [1.165, 1.54) is 6.26 Å². The van der Waals surface area contributed by atoms with E-state index >= 15 is 0 Å². The Balaban J connectivity index is 2.12. The first-order valence-corrected chi connectivity index (χ1v) is 7.74. The fourth-order valence-corrected chi connectivity index (χ4v) is 2.72. The number of hydrogen-bond acceptors (Lipinski definition) is 3. The van der Waals surface area contributed by atoms with E-state index in [-0.39, 0.29) is 34.4 Å². The van der Waals surface area contributed by atoms with Gasteiger partial charge in [-0.25, -0.2) is 0 Å². The maximum absolute atomic E-state index is 12.9. The highest BCUT2D eigenvalue weighted by molar-refractivity contribution is 5.96. The van der Waals surface area contributed by atoms with Crippen molar-refractivity contribution in [1.82, 2.24) is 10.2 Å². The number of amides is 2. The van der Waals surface area contributed by atoms with Gasteiger partial charge in [0.25, 0.3) is 5.91 Å². The number of rotatable bonds is 4. The molecule has 1 aliphatic rings. The molecule has 2 amide bonds. The molecule has 1 saturated heterocycles. The van der Waals surface area contributed by atoms with Crippen molar-refractivity contribution in [1.29, 1.82) is 0 Å². The van der Waals surface area contributed by atoms with Crippen LogP contribution in [-0.2, 0) is 4.79 Å². The summed E-state index contributed by atoms with van der Waals surface area (Å²) in [5.41, 5.74) is -0.137. The van der Waals surface area contributed by atoms with Crippen LogP contribution in [0.5, 0.6) is 0 Å². The lowest BCUT2D eigenvalue weighted by Gasteiger charge is -2.62. The van der Waals surface area contributed by atoms with E-state index in [1.807, 2.05) is 18.7 Å². The molecule has 5 nitrogen and oxygen atoms in total. The van der Waals surface area contributed by atoms with Crippen LogP contribution in [-0.4, -0.2) is 34.8 Å². The summed E-state index contributed by atoms with van der Waals surface area (Å²) < 4.78 is 5.09. The van der Waals surface area contributed by atoms with Crippen LogP contribution in [0.2, 0.25) is 0 Å². The zero-order valence-corrected chi connectivity index (χ0v) is 14.3. The van der Waals surface area contributed by atoms with Gasteiger partial charge in [-0.2, -0.15) is 0 Å². The second-order valence-corrected chi connectivity index (χ2v) is 7.54. The van der Waals surface area contributed by atoms with Crippen molar-refractivity contribution < 1.29 is 14.0 Å². The second kappa shape index (κ2) is 5.45. The molecule has 0 saturated carbocycles. The van der Waals surface area contributed by atoms with E-state index < -0.39 is 6.04 Å². The number of carbonyl (C=O) groups excluding carboxylic acids is 2. The minimum atomic E-state index is -0.548. The van der Waals surface area contributed by atoms with E-state index in [1.54, 1.807) is 12.1 Å². The zero-order valence-electron chi connectivity index (χ0n) is 14.3. The summed E-state index contributed by atoms with van der Waals surface area (Å²) in [5, 5.41) is 2.81. The van der Waals surface area contributed by atoms with E-state index in [9.17, 15) is 9.59 Å². The van der Waals surface area contributed by atoms with Crippen LogP contribution in [0.15, 0.2) is 22.8 Å². The molecule has 2 heterocycles. The first-order valence-electron chi connectivity index (χ1n) is 7.74. The smallest absolute Gasteiger partial charge is 0.287 e. The zero-order chi connectivity index (χ0) is 16.7. The number of nitrogens with zero attached hydrogens (tertiary/aromatic N) is 1. The van der Waals surface area contributed by atoms with Crippen LogP contribution in [0.4, 0.5) is 0 Å². The predicted molar refractivity (Wildman–Crippen MR) is 84.4 cm³/mol. The molecule has 22 heavy (non-hydrogen) atoms. The summed E-state index contributed by atoms with van der Waals surface area (Å²) in [4.78, 5) is 26.9. The summed E-state index contributed by atoms with van der Waals surface area (Å²) in [7, 11) is 0. The van der Waals surface area contributed by atoms with Crippen molar-refractivity contribution >= 4 is 11.8 Å². The van der Waals surface area contributed by atoms with E-state index in [0.717, 1.165) is 0 Å².